The highest BCUT2D eigenvalue weighted by Gasteiger charge is 2.15. The Morgan fingerprint density at radius 1 is 1.29 bits per heavy atom. The maximum atomic E-state index is 9.47. The van der Waals surface area contributed by atoms with Gasteiger partial charge in [-0.05, 0) is 24.1 Å². The molecule has 14 heavy (non-hydrogen) atoms. The molecule has 1 aromatic rings. The maximum Gasteiger partial charge on any atom is 0.157 e. The number of benzene rings is 1. The highest BCUT2D eigenvalue weighted by atomic mass is 16.3. The van der Waals surface area contributed by atoms with Gasteiger partial charge in [0.2, 0.25) is 0 Å². The van der Waals surface area contributed by atoms with Crippen LogP contribution in [0.25, 0.3) is 0 Å². The normalized spacial score (nSPS) is 15.1. The van der Waals surface area contributed by atoms with E-state index in [-0.39, 0.29) is 11.5 Å². The summed E-state index contributed by atoms with van der Waals surface area (Å²) in [6.45, 7) is 1.82. The van der Waals surface area contributed by atoms with Gasteiger partial charge in [0.15, 0.2) is 11.5 Å². The molecule has 0 saturated heterocycles. The number of aliphatic hydroxyl groups is 1. The quantitative estimate of drug-likeness (QED) is 0.541. The lowest BCUT2D eigenvalue weighted by molar-refractivity contribution is 0.140. The number of phenolic OH excluding ortho intramolecular Hbond substituents is 2. The molecule has 0 unspecified atom stereocenters. The first kappa shape index (κ1) is 10.8. The molecule has 5 N–H and O–H groups in total. The van der Waals surface area contributed by atoms with Crippen molar-refractivity contribution in [1.29, 1.82) is 0 Å². The van der Waals surface area contributed by atoms with Crippen LogP contribution in [0.15, 0.2) is 18.2 Å². The van der Waals surface area contributed by atoms with Crippen LogP contribution in [0.5, 0.6) is 11.5 Å². The van der Waals surface area contributed by atoms with Gasteiger partial charge in [-0.2, -0.15) is 0 Å². The minimum Gasteiger partial charge on any atom is -0.504 e. The Bertz CT molecular complexity index is 314. The molecule has 0 aromatic heterocycles. The van der Waals surface area contributed by atoms with Gasteiger partial charge in [-0.15, -0.1) is 0 Å². The molecule has 1 rings (SSSR count). The van der Waals surface area contributed by atoms with Gasteiger partial charge in [0, 0.05) is 0 Å². The first-order valence-electron chi connectivity index (χ1n) is 4.51. The van der Waals surface area contributed by atoms with E-state index in [1.54, 1.807) is 6.07 Å². The lowest BCUT2D eigenvalue weighted by atomic mass is 10.0. The van der Waals surface area contributed by atoms with Crippen LogP contribution in [0.1, 0.15) is 24.9 Å². The number of aliphatic hydroxyl groups excluding tert-OH is 1. The summed E-state index contributed by atoms with van der Waals surface area (Å²) in [6.07, 6.45) is -0.0954. The fourth-order valence-corrected chi connectivity index (χ4v) is 1.22. The van der Waals surface area contributed by atoms with E-state index >= 15 is 0 Å². The van der Waals surface area contributed by atoms with Gasteiger partial charge in [0.1, 0.15) is 0 Å². The summed E-state index contributed by atoms with van der Waals surface area (Å²) in [5.74, 6) is -0.409. The van der Waals surface area contributed by atoms with Crippen molar-refractivity contribution in [3.8, 4) is 11.5 Å². The van der Waals surface area contributed by atoms with E-state index in [0.717, 1.165) is 0 Å². The molecular formula is C10H15NO3. The SMILES string of the molecule is CC[C@H](O)[C@H](N)c1ccc(O)c(O)c1. The van der Waals surface area contributed by atoms with Gasteiger partial charge in [0.25, 0.3) is 0 Å². The lowest BCUT2D eigenvalue weighted by Crippen LogP contribution is -2.25. The first-order chi connectivity index (χ1) is 6.56. The van der Waals surface area contributed by atoms with Crippen LogP contribution >= 0.6 is 0 Å². The fraction of sp³-hybridized carbons (Fsp3) is 0.400. The van der Waals surface area contributed by atoms with Crippen LogP contribution < -0.4 is 5.73 Å². The summed E-state index contributed by atoms with van der Waals surface area (Å²) in [5, 5.41) is 27.8. The highest BCUT2D eigenvalue weighted by Crippen LogP contribution is 2.28. The van der Waals surface area contributed by atoms with E-state index in [9.17, 15) is 10.2 Å². The zero-order valence-corrected chi connectivity index (χ0v) is 8.01. The van der Waals surface area contributed by atoms with E-state index in [1.807, 2.05) is 6.92 Å². The Morgan fingerprint density at radius 3 is 2.43 bits per heavy atom. The second-order valence-electron chi connectivity index (χ2n) is 3.25. The monoisotopic (exact) mass is 197 g/mol. The number of phenols is 2. The topological polar surface area (TPSA) is 86.7 Å². The van der Waals surface area contributed by atoms with Gasteiger partial charge < -0.3 is 21.1 Å². The number of aromatic hydroxyl groups is 2. The maximum absolute atomic E-state index is 9.47. The molecule has 78 valence electrons. The van der Waals surface area contributed by atoms with Crippen molar-refractivity contribution in [3.05, 3.63) is 23.8 Å². The van der Waals surface area contributed by atoms with Gasteiger partial charge in [-0.25, -0.2) is 0 Å². The molecular weight excluding hydrogens is 182 g/mol. The Hall–Kier alpha value is -1.26. The van der Waals surface area contributed by atoms with Crippen molar-refractivity contribution in [2.75, 3.05) is 0 Å². The standard InChI is InChI=1S/C10H15NO3/c1-2-7(12)10(11)6-3-4-8(13)9(14)5-6/h3-5,7,10,12-14H,2,11H2,1H3/t7-,10+/m0/s1. The van der Waals surface area contributed by atoms with E-state index in [0.29, 0.717) is 12.0 Å². The van der Waals surface area contributed by atoms with Gasteiger partial charge in [0.05, 0.1) is 12.1 Å². The highest BCUT2D eigenvalue weighted by molar-refractivity contribution is 5.41. The summed E-state index contributed by atoms with van der Waals surface area (Å²) in [5.41, 5.74) is 6.33. The lowest BCUT2D eigenvalue weighted by Gasteiger charge is -2.17. The molecule has 0 radical (unpaired) electrons. The van der Waals surface area contributed by atoms with Crippen LogP contribution in [0.3, 0.4) is 0 Å². The molecule has 1 aromatic carbocycles. The Morgan fingerprint density at radius 2 is 1.93 bits per heavy atom. The molecule has 0 aliphatic carbocycles. The summed E-state index contributed by atoms with van der Waals surface area (Å²) in [4.78, 5) is 0. The van der Waals surface area contributed by atoms with Gasteiger partial charge in [-0.1, -0.05) is 13.0 Å². The molecule has 0 heterocycles. The predicted octanol–water partition coefficient (Wildman–Crippen LogP) is 0.868. The van der Waals surface area contributed by atoms with E-state index in [1.165, 1.54) is 12.1 Å². The van der Waals surface area contributed by atoms with Crippen LogP contribution in [0, 0.1) is 0 Å². The second-order valence-corrected chi connectivity index (χ2v) is 3.25. The number of rotatable bonds is 3. The molecule has 0 fully saturated rings. The average molecular weight is 197 g/mol. The summed E-state index contributed by atoms with van der Waals surface area (Å²) in [6, 6.07) is 3.76. The smallest absolute Gasteiger partial charge is 0.157 e. The Kier molecular flexibility index (Phi) is 3.33. The molecule has 0 amide bonds. The van der Waals surface area contributed by atoms with Crippen LogP contribution in [-0.2, 0) is 0 Å². The largest absolute Gasteiger partial charge is 0.504 e. The number of nitrogens with two attached hydrogens (primary N) is 1. The Balaban J connectivity index is 2.91. The van der Waals surface area contributed by atoms with E-state index in [2.05, 4.69) is 0 Å². The van der Waals surface area contributed by atoms with Crippen molar-refractivity contribution in [3.63, 3.8) is 0 Å². The van der Waals surface area contributed by atoms with Crippen LogP contribution in [0.4, 0.5) is 0 Å². The van der Waals surface area contributed by atoms with Crippen molar-refractivity contribution in [1.82, 2.24) is 0 Å². The van der Waals surface area contributed by atoms with E-state index < -0.39 is 12.1 Å². The van der Waals surface area contributed by atoms with Gasteiger partial charge >= 0.3 is 0 Å². The van der Waals surface area contributed by atoms with Gasteiger partial charge in [-0.3, -0.25) is 0 Å². The number of hydrogen-bond donors (Lipinski definition) is 4. The van der Waals surface area contributed by atoms with Crippen molar-refractivity contribution in [2.45, 2.75) is 25.5 Å². The van der Waals surface area contributed by atoms with Crippen molar-refractivity contribution < 1.29 is 15.3 Å². The molecule has 0 aliphatic rings. The van der Waals surface area contributed by atoms with Crippen LogP contribution in [-0.4, -0.2) is 21.4 Å². The summed E-state index contributed by atoms with van der Waals surface area (Å²) < 4.78 is 0. The van der Waals surface area contributed by atoms with Crippen molar-refractivity contribution >= 4 is 0 Å². The zero-order chi connectivity index (χ0) is 10.7. The molecule has 2 atom stereocenters. The molecule has 0 saturated carbocycles. The Labute approximate surface area is 82.6 Å². The predicted molar refractivity (Wildman–Crippen MR) is 53.0 cm³/mol. The summed E-state index contributed by atoms with van der Waals surface area (Å²) in [7, 11) is 0. The molecule has 0 bridgehead atoms. The third-order valence-corrected chi connectivity index (χ3v) is 2.22. The second kappa shape index (κ2) is 4.30. The molecule has 0 aliphatic heterocycles. The van der Waals surface area contributed by atoms with Crippen LogP contribution in [0.2, 0.25) is 0 Å². The third kappa shape index (κ3) is 2.16. The molecule has 0 spiro atoms. The third-order valence-electron chi connectivity index (χ3n) is 2.22. The average Bonchev–Trinajstić information content (AvgIpc) is 2.20. The van der Waals surface area contributed by atoms with Crippen molar-refractivity contribution in [2.24, 2.45) is 5.73 Å². The molecule has 4 heteroatoms. The summed E-state index contributed by atoms with van der Waals surface area (Å²) >= 11 is 0. The minimum absolute atomic E-state index is 0.188. The van der Waals surface area contributed by atoms with E-state index in [4.69, 9.17) is 10.8 Å². The first-order valence-corrected chi connectivity index (χ1v) is 4.51. The fourth-order valence-electron chi connectivity index (χ4n) is 1.22. The minimum atomic E-state index is -0.640. The zero-order valence-electron chi connectivity index (χ0n) is 8.01. The molecule has 4 nitrogen and oxygen atoms in total. The number of hydrogen-bond acceptors (Lipinski definition) is 4.